The maximum atomic E-state index is 11.0. The van der Waals surface area contributed by atoms with Crippen LogP contribution in [0.3, 0.4) is 0 Å². The van der Waals surface area contributed by atoms with E-state index in [0.29, 0.717) is 5.82 Å². The second-order valence-corrected chi connectivity index (χ2v) is 4.82. The van der Waals surface area contributed by atoms with Gasteiger partial charge in [0.05, 0.1) is 16.7 Å². The number of anilines is 1. The van der Waals surface area contributed by atoms with Crippen LogP contribution in [-0.4, -0.2) is 41.9 Å². The molecular weight excluding hydrogens is 268 g/mol. The van der Waals surface area contributed by atoms with E-state index in [0.717, 1.165) is 32.5 Å². The highest BCUT2D eigenvalue weighted by atomic mass is 35.5. The fourth-order valence-corrected chi connectivity index (χ4v) is 2.60. The summed E-state index contributed by atoms with van der Waals surface area (Å²) in [4.78, 5) is 17.3. The van der Waals surface area contributed by atoms with Crippen LogP contribution < -0.4 is 4.90 Å². The highest BCUT2D eigenvalue weighted by molar-refractivity contribution is 6.35. The quantitative estimate of drug-likeness (QED) is 0.920. The summed E-state index contributed by atoms with van der Waals surface area (Å²) in [5.41, 5.74) is 0.0959. The van der Waals surface area contributed by atoms with Gasteiger partial charge in [-0.05, 0) is 25.8 Å². The van der Waals surface area contributed by atoms with Crippen LogP contribution in [0.15, 0.2) is 12.3 Å². The first kappa shape index (κ1) is 14.1. The standard InChI is InChI=1S/C13H17ClN2O3/c1-2-19-9-4-7-16(8-5-9)12-11(14)10(13(17)18)3-6-15-12/h3,6,9H,2,4-5,7-8H2,1H3,(H,17,18). The first-order chi connectivity index (χ1) is 9.13. The van der Waals surface area contributed by atoms with E-state index >= 15 is 0 Å². The van der Waals surface area contributed by atoms with Crippen molar-refractivity contribution in [2.75, 3.05) is 24.6 Å². The Labute approximate surface area is 117 Å². The molecule has 1 N–H and O–H groups in total. The topological polar surface area (TPSA) is 62.7 Å². The van der Waals surface area contributed by atoms with Gasteiger partial charge in [0, 0.05) is 25.9 Å². The average molecular weight is 285 g/mol. The van der Waals surface area contributed by atoms with Crippen molar-refractivity contribution in [1.82, 2.24) is 4.98 Å². The molecule has 1 aromatic rings. The van der Waals surface area contributed by atoms with Crippen LogP contribution in [0.4, 0.5) is 5.82 Å². The largest absolute Gasteiger partial charge is 0.478 e. The zero-order valence-electron chi connectivity index (χ0n) is 10.8. The lowest BCUT2D eigenvalue weighted by Gasteiger charge is -2.33. The van der Waals surface area contributed by atoms with Crippen LogP contribution in [0.2, 0.25) is 5.02 Å². The average Bonchev–Trinajstić information content (AvgIpc) is 2.40. The Morgan fingerprint density at radius 3 is 2.84 bits per heavy atom. The molecule has 1 fully saturated rings. The molecule has 0 bridgehead atoms. The Kier molecular flexibility index (Phi) is 4.61. The smallest absolute Gasteiger partial charge is 0.337 e. The number of hydrogen-bond acceptors (Lipinski definition) is 4. The van der Waals surface area contributed by atoms with Gasteiger partial charge in [-0.15, -0.1) is 0 Å². The van der Waals surface area contributed by atoms with Crippen LogP contribution >= 0.6 is 11.6 Å². The van der Waals surface area contributed by atoms with Crippen LogP contribution in [0.1, 0.15) is 30.1 Å². The number of carboxylic acid groups (broad SMARTS) is 1. The fourth-order valence-electron chi connectivity index (χ4n) is 2.29. The minimum absolute atomic E-state index is 0.0959. The molecular formula is C13H17ClN2O3. The summed E-state index contributed by atoms with van der Waals surface area (Å²) in [6, 6.07) is 1.42. The second kappa shape index (κ2) is 6.21. The molecule has 0 atom stereocenters. The van der Waals surface area contributed by atoms with Crippen molar-refractivity contribution in [3.8, 4) is 0 Å². The van der Waals surface area contributed by atoms with Crippen LogP contribution in [0.5, 0.6) is 0 Å². The number of aromatic carboxylic acids is 1. The van der Waals surface area contributed by atoms with Crippen molar-refractivity contribution in [3.63, 3.8) is 0 Å². The van der Waals surface area contributed by atoms with E-state index in [2.05, 4.69) is 4.98 Å². The molecule has 0 aliphatic carbocycles. The van der Waals surface area contributed by atoms with E-state index < -0.39 is 5.97 Å². The monoisotopic (exact) mass is 284 g/mol. The third-order valence-electron chi connectivity index (χ3n) is 3.25. The number of hydrogen-bond donors (Lipinski definition) is 1. The lowest BCUT2D eigenvalue weighted by molar-refractivity contribution is 0.0458. The molecule has 19 heavy (non-hydrogen) atoms. The lowest BCUT2D eigenvalue weighted by Crippen LogP contribution is -2.37. The van der Waals surface area contributed by atoms with Gasteiger partial charge in [0.15, 0.2) is 0 Å². The second-order valence-electron chi connectivity index (χ2n) is 4.44. The molecule has 0 spiro atoms. The molecule has 1 aliphatic rings. The summed E-state index contributed by atoms with van der Waals surface area (Å²) in [6.07, 6.45) is 3.58. The number of carboxylic acids is 1. The zero-order valence-corrected chi connectivity index (χ0v) is 11.6. The van der Waals surface area contributed by atoms with E-state index in [9.17, 15) is 4.79 Å². The molecule has 0 aromatic carbocycles. The predicted octanol–water partition coefficient (Wildman–Crippen LogP) is 2.44. The van der Waals surface area contributed by atoms with Crippen molar-refractivity contribution in [2.24, 2.45) is 0 Å². The first-order valence-corrected chi connectivity index (χ1v) is 6.75. The minimum Gasteiger partial charge on any atom is -0.478 e. The van der Waals surface area contributed by atoms with E-state index in [1.165, 1.54) is 12.3 Å². The fraction of sp³-hybridized carbons (Fsp3) is 0.538. The Bertz CT molecular complexity index is 459. The van der Waals surface area contributed by atoms with Crippen molar-refractivity contribution < 1.29 is 14.6 Å². The van der Waals surface area contributed by atoms with Gasteiger partial charge in [-0.3, -0.25) is 0 Å². The Morgan fingerprint density at radius 1 is 1.58 bits per heavy atom. The molecule has 0 unspecified atom stereocenters. The summed E-state index contributed by atoms with van der Waals surface area (Å²) in [7, 11) is 0. The van der Waals surface area contributed by atoms with Gasteiger partial charge < -0.3 is 14.7 Å². The van der Waals surface area contributed by atoms with Gasteiger partial charge in [-0.2, -0.15) is 0 Å². The number of halogens is 1. The van der Waals surface area contributed by atoms with Crippen molar-refractivity contribution in [2.45, 2.75) is 25.9 Å². The summed E-state index contributed by atoms with van der Waals surface area (Å²) in [5.74, 6) is -0.477. The SMILES string of the molecule is CCOC1CCN(c2nccc(C(=O)O)c2Cl)CC1. The number of carbonyl (C=O) groups is 1. The van der Waals surface area contributed by atoms with Crippen molar-refractivity contribution in [3.05, 3.63) is 22.8 Å². The Balaban J connectivity index is 2.11. The third-order valence-corrected chi connectivity index (χ3v) is 3.62. The van der Waals surface area contributed by atoms with E-state index in [-0.39, 0.29) is 16.7 Å². The summed E-state index contributed by atoms with van der Waals surface area (Å²) in [6.45, 7) is 4.26. The maximum absolute atomic E-state index is 11.0. The number of aromatic nitrogens is 1. The summed E-state index contributed by atoms with van der Waals surface area (Å²) < 4.78 is 5.59. The molecule has 0 amide bonds. The van der Waals surface area contributed by atoms with Gasteiger partial charge in [0.25, 0.3) is 0 Å². The number of rotatable bonds is 4. The van der Waals surface area contributed by atoms with E-state index in [4.69, 9.17) is 21.4 Å². The lowest BCUT2D eigenvalue weighted by atomic mass is 10.1. The van der Waals surface area contributed by atoms with Gasteiger partial charge in [-0.1, -0.05) is 11.6 Å². The molecule has 0 radical (unpaired) electrons. The van der Waals surface area contributed by atoms with Crippen LogP contribution in [0, 0.1) is 0 Å². The molecule has 2 heterocycles. The maximum Gasteiger partial charge on any atom is 0.337 e. The molecule has 5 nitrogen and oxygen atoms in total. The van der Waals surface area contributed by atoms with E-state index in [1.54, 1.807) is 0 Å². The molecule has 104 valence electrons. The number of ether oxygens (including phenoxy) is 1. The van der Waals surface area contributed by atoms with Crippen LogP contribution in [-0.2, 0) is 4.74 Å². The zero-order chi connectivity index (χ0) is 13.8. The summed E-state index contributed by atoms with van der Waals surface area (Å²) >= 11 is 6.12. The third kappa shape index (κ3) is 3.16. The predicted molar refractivity (Wildman–Crippen MR) is 73.1 cm³/mol. The van der Waals surface area contributed by atoms with E-state index in [1.807, 2.05) is 11.8 Å². The molecule has 1 aliphatic heterocycles. The molecule has 6 heteroatoms. The van der Waals surface area contributed by atoms with Gasteiger partial charge in [-0.25, -0.2) is 9.78 Å². The Hall–Kier alpha value is -1.33. The molecule has 1 aromatic heterocycles. The summed E-state index contributed by atoms with van der Waals surface area (Å²) in [5, 5.41) is 9.26. The van der Waals surface area contributed by atoms with Gasteiger partial charge >= 0.3 is 5.97 Å². The molecule has 0 saturated carbocycles. The van der Waals surface area contributed by atoms with Gasteiger partial charge in [0.2, 0.25) is 0 Å². The van der Waals surface area contributed by atoms with Crippen molar-refractivity contribution in [1.29, 1.82) is 0 Å². The minimum atomic E-state index is -1.03. The van der Waals surface area contributed by atoms with Crippen LogP contribution in [0.25, 0.3) is 0 Å². The van der Waals surface area contributed by atoms with Crippen molar-refractivity contribution >= 4 is 23.4 Å². The highest BCUT2D eigenvalue weighted by Crippen LogP contribution is 2.29. The number of pyridine rings is 1. The van der Waals surface area contributed by atoms with Gasteiger partial charge in [0.1, 0.15) is 5.82 Å². The molecule has 2 rings (SSSR count). The molecule has 1 saturated heterocycles. The normalized spacial score (nSPS) is 16.6. The highest BCUT2D eigenvalue weighted by Gasteiger charge is 2.23. The number of nitrogens with zero attached hydrogens (tertiary/aromatic N) is 2. The first-order valence-electron chi connectivity index (χ1n) is 6.37. The Morgan fingerprint density at radius 2 is 2.26 bits per heavy atom. The number of piperidine rings is 1.